The summed E-state index contributed by atoms with van der Waals surface area (Å²) in [7, 11) is 0. The van der Waals surface area contributed by atoms with E-state index in [1.807, 2.05) is 6.92 Å². The molecule has 0 fully saturated rings. The van der Waals surface area contributed by atoms with Gasteiger partial charge in [0.25, 0.3) is 0 Å². The van der Waals surface area contributed by atoms with E-state index in [1.54, 1.807) is 0 Å². The molecule has 0 aromatic carbocycles. The first-order valence-electron chi connectivity index (χ1n) is 4.99. The first-order valence-corrected chi connectivity index (χ1v) is 5.42. The number of alkyl halides is 1. The third-order valence-electron chi connectivity index (χ3n) is 1.99. The Morgan fingerprint density at radius 1 is 1.23 bits per heavy atom. The highest BCUT2D eigenvalue weighted by Crippen LogP contribution is 2.10. The third-order valence-corrected chi connectivity index (χ3v) is 2.21. The lowest BCUT2D eigenvalue weighted by molar-refractivity contribution is -0.137. The summed E-state index contributed by atoms with van der Waals surface area (Å²) in [6, 6.07) is 0. The molecule has 1 N–H and O–H groups in total. The fourth-order valence-electron chi connectivity index (χ4n) is 1.23. The van der Waals surface area contributed by atoms with Gasteiger partial charge in [-0.15, -0.1) is 11.6 Å². The van der Waals surface area contributed by atoms with Crippen molar-refractivity contribution in [1.29, 1.82) is 0 Å². The zero-order valence-corrected chi connectivity index (χ0v) is 9.02. The van der Waals surface area contributed by atoms with Gasteiger partial charge in [0.05, 0.1) is 0 Å². The van der Waals surface area contributed by atoms with E-state index < -0.39 is 5.97 Å². The Kier molecular flexibility index (Phi) is 8.21. The van der Waals surface area contributed by atoms with Crippen LogP contribution in [0, 0.1) is 0 Å². The molecule has 0 saturated carbocycles. The van der Waals surface area contributed by atoms with Crippen molar-refractivity contribution in [2.45, 2.75) is 57.2 Å². The lowest BCUT2D eigenvalue weighted by Gasteiger charge is -2.02. The SMILES string of the molecule is CC(Cl)CCCCCCCC(=O)O. The molecule has 3 heteroatoms. The number of halogens is 1. The number of carbonyl (C=O) groups is 1. The molecule has 0 rings (SSSR count). The van der Waals surface area contributed by atoms with Crippen LogP contribution in [-0.4, -0.2) is 16.5 Å². The van der Waals surface area contributed by atoms with Gasteiger partial charge in [-0.25, -0.2) is 0 Å². The highest BCUT2D eigenvalue weighted by Gasteiger charge is 1.98. The van der Waals surface area contributed by atoms with E-state index in [4.69, 9.17) is 16.7 Å². The van der Waals surface area contributed by atoms with Gasteiger partial charge in [0, 0.05) is 11.8 Å². The summed E-state index contributed by atoms with van der Waals surface area (Å²) >= 11 is 5.78. The second kappa shape index (κ2) is 8.36. The lowest BCUT2D eigenvalue weighted by atomic mass is 10.1. The molecular formula is C10H19ClO2. The number of hydrogen-bond donors (Lipinski definition) is 1. The van der Waals surface area contributed by atoms with Crippen LogP contribution in [0.5, 0.6) is 0 Å². The Morgan fingerprint density at radius 3 is 2.31 bits per heavy atom. The van der Waals surface area contributed by atoms with E-state index in [0.29, 0.717) is 6.42 Å². The van der Waals surface area contributed by atoms with E-state index >= 15 is 0 Å². The minimum Gasteiger partial charge on any atom is -0.481 e. The summed E-state index contributed by atoms with van der Waals surface area (Å²) in [4.78, 5) is 10.2. The van der Waals surface area contributed by atoms with Gasteiger partial charge in [-0.05, 0) is 19.8 Å². The fourth-order valence-corrected chi connectivity index (χ4v) is 1.39. The maximum atomic E-state index is 10.2. The average molecular weight is 207 g/mol. The van der Waals surface area contributed by atoms with Crippen molar-refractivity contribution in [2.24, 2.45) is 0 Å². The highest BCUT2D eigenvalue weighted by atomic mass is 35.5. The lowest BCUT2D eigenvalue weighted by Crippen LogP contribution is -1.94. The molecule has 0 bridgehead atoms. The molecule has 1 unspecified atom stereocenters. The molecule has 0 aromatic rings. The van der Waals surface area contributed by atoms with Gasteiger partial charge in [0.2, 0.25) is 0 Å². The maximum Gasteiger partial charge on any atom is 0.303 e. The summed E-state index contributed by atoms with van der Waals surface area (Å²) in [5.41, 5.74) is 0. The molecule has 0 aliphatic rings. The second-order valence-electron chi connectivity index (χ2n) is 3.48. The van der Waals surface area contributed by atoms with E-state index in [2.05, 4.69) is 0 Å². The molecule has 0 spiro atoms. The Morgan fingerprint density at radius 2 is 1.77 bits per heavy atom. The topological polar surface area (TPSA) is 37.3 Å². The largest absolute Gasteiger partial charge is 0.481 e. The van der Waals surface area contributed by atoms with Crippen molar-refractivity contribution >= 4 is 17.6 Å². The first kappa shape index (κ1) is 12.8. The van der Waals surface area contributed by atoms with Crippen LogP contribution in [-0.2, 0) is 4.79 Å². The first-order chi connectivity index (χ1) is 6.13. The minimum atomic E-state index is -0.686. The number of hydrogen-bond acceptors (Lipinski definition) is 1. The number of rotatable bonds is 8. The normalized spacial score (nSPS) is 12.8. The van der Waals surface area contributed by atoms with Crippen LogP contribution in [0.15, 0.2) is 0 Å². The molecule has 0 aromatic heterocycles. The predicted molar refractivity (Wildman–Crippen MR) is 55.3 cm³/mol. The van der Waals surface area contributed by atoms with Crippen LogP contribution in [0.4, 0.5) is 0 Å². The fraction of sp³-hybridized carbons (Fsp3) is 0.900. The Labute approximate surface area is 85.3 Å². The van der Waals surface area contributed by atoms with Crippen molar-refractivity contribution in [3.8, 4) is 0 Å². The molecule has 78 valence electrons. The standard InChI is InChI=1S/C10H19ClO2/c1-9(11)7-5-3-2-4-6-8-10(12)13/h9H,2-8H2,1H3,(H,12,13). The Bertz CT molecular complexity index is 135. The summed E-state index contributed by atoms with van der Waals surface area (Å²) in [5, 5.41) is 8.65. The Hall–Kier alpha value is -0.240. The van der Waals surface area contributed by atoms with Crippen molar-refractivity contribution in [3.05, 3.63) is 0 Å². The number of unbranched alkanes of at least 4 members (excludes halogenated alkanes) is 4. The second-order valence-corrected chi connectivity index (χ2v) is 4.23. The summed E-state index contributed by atoms with van der Waals surface area (Å²) in [6.07, 6.45) is 6.70. The van der Waals surface area contributed by atoms with E-state index in [9.17, 15) is 4.79 Å². The van der Waals surface area contributed by atoms with Crippen molar-refractivity contribution in [2.75, 3.05) is 0 Å². The van der Waals surface area contributed by atoms with Crippen LogP contribution in [0.1, 0.15) is 51.9 Å². The zero-order valence-electron chi connectivity index (χ0n) is 8.26. The molecule has 1 atom stereocenters. The van der Waals surface area contributed by atoms with Crippen LogP contribution in [0.2, 0.25) is 0 Å². The van der Waals surface area contributed by atoms with E-state index in [0.717, 1.165) is 32.1 Å². The van der Waals surface area contributed by atoms with Crippen molar-refractivity contribution in [3.63, 3.8) is 0 Å². The van der Waals surface area contributed by atoms with Crippen molar-refractivity contribution in [1.82, 2.24) is 0 Å². The van der Waals surface area contributed by atoms with Crippen LogP contribution in [0.25, 0.3) is 0 Å². The van der Waals surface area contributed by atoms with Gasteiger partial charge < -0.3 is 5.11 Å². The van der Waals surface area contributed by atoms with Crippen LogP contribution in [0.3, 0.4) is 0 Å². The van der Waals surface area contributed by atoms with E-state index in [1.165, 1.54) is 6.42 Å². The van der Waals surface area contributed by atoms with E-state index in [-0.39, 0.29) is 5.38 Å². The molecule has 0 aliphatic carbocycles. The van der Waals surface area contributed by atoms with Gasteiger partial charge in [0.15, 0.2) is 0 Å². The van der Waals surface area contributed by atoms with Gasteiger partial charge in [0.1, 0.15) is 0 Å². The quantitative estimate of drug-likeness (QED) is 0.488. The van der Waals surface area contributed by atoms with Crippen LogP contribution < -0.4 is 0 Å². The molecule has 2 nitrogen and oxygen atoms in total. The molecule has 0 saturated heterocycles. The average Bonchev–Trinajstić information content (AvgIpc) is 2.01. The van der Waals surface area contributed by atoms with Crippen LogP contribution >= 0.6 is 11.6 Å². The molecular weight excluding hydrogens is 188 g/mol. The van der Waals surface area contributed by atoms with Gasteiger partial charge in [-0.2, -0.15) is 0 Å². The third kappa shape index (κ3) is 11.8. The highest BCUT2D eigenvalue weighted by molar-refractivity contribution is 6.20. The summed E-state index contributed by atoms with van der Waals surface area (Å²) in [5.74, 6) is -0.686. The van der Waals surface area contributed by atoms with Gasteiger partial charge in [-0.3, -0.25) is 4.79 Å². The number of carboxylic acids is 1. The molecule has 0 aliphatic heterocycles. The molecule has 0 heterocycles. The molecule has 13 heavy (non-hydrogen) atoms. The smallest absolute Gasteiger partial charge is 0.303 e. The predicted octanol–water partition coefficient (Wildman–Crippen LogP) is 3.43. The minimum absolute atomic E-state index is 0.277. The number of carboxylic acid groups (broad SMARTS) is 1. The number of aliphatic carboxylic acids is 1. The van der Waals surface area contributed by atoms with Gasteiger partial charge in [-0.1, -0.05) is 25.7 Å². The maximum absolute atomic E-state index is 10.2. The Balaban J connectivity index is 2.96. The monoisotopic (exact) mass is 206 g/mol. The summed E-state index contributed by atoms with van der Waals surface area (Å²) in [6.45, 7) is 2.01. The molecule has 0 radical (unpaired) electrons. The molecule has 0 amide bonds. The zero-order chi connectivity index (χ0) is 10.1. The summed E-state index contributed by atoms with van der Waals surface area (Å²) < 4.78 is 0. The van der Waals surface area contributed by atoms with Crippen molar-refractivity contribution < 1.29 is 9.90 Å². The van der Waals surface area contributed by atoms with Gasteiger partial charge >= 0.3 is 5.97 Å².